The quantitative estimate of drug-likeness (QED) is 0.427. The van der Waals surface area contributed by atoms with E-state index in [1.807, 2.05) is 6.07 Å². The lowest BCUT2D eigenvalue weighted by molar-refractivity contribution is 0.0955. The molecule has 0 aliphatic carbocycles. The van der Waals surface area contributed by atoms with Crippen molar-refractivity contribution >= 4 is 17.8 Å². The largest absolute Gasteiger partial charge is 0.491 e. The number of carbonyl (C=O) groups excluding carboxylic acids is 1. The van der Waals surface area contributed by atoms with Crippen LogP contribution >= 0.6 is 0 Å². The number of benzene rings is 2. The van der Waals surface area contributed by atoms with Crippen molar-refractivity contribution in [1.29, 1.82) is 0 Å². The minimum Gasteiger partial charge on any atom is -0.491 e. The molecule has 0 aliphatic heterocycles. The topological polar surface area (TPSA) is 96.9 Å². The Hall–Kier alpha value is -2.86. The molecule has 0 saturated carbocycles. The second-order valence-electron chi connectivity index (χ2n) is 4.47. The zero-order valence-corrected chi connectivity index (χ0v) is 11.9. The smallest absolute Gasteiger partial charge is 0.271 e. The van der Waals surface area contributed by atoms with E-state index >= 15 is 0 Å². The monoisotopic (exact) mass is 299 g/mol. The van der Waals surface area contributed by atoms with E-state index in [1.165, 1.54) is 6.21 Å². The summed E-state index contributed by atoms with van der Waals surface area (Å²) in [4.78, 5) is 11.8. The molecule has 0 aliphatic rings. The van der Waals surface area contributed by atoms with Crippen LogP contribution < -0.4 is 15.9 Å². The number of carbonyl (C=O) groups is 1. The summed E-state index contributed by atoms with van der Waals surface area (Å²) in [5.41, 5.74) is 9.85. The average molecular weight is 299 g/mol. The molecule has 22 heavy (non-hydrogen) atoms. The molecule has 0 saturated heterocycles. The van der Waals surface area contributed by atoms with Gasteiger partial charge in [0.25, 0.3) is 5.91 Å². The Labute approximate surface area is 128 Å². The summed E-state index contributed by atoms with van der Waals surface area (Å²) < 4.78 is 5.29. The highest BCUT2D eigenvalue weighted by Crippen LogP contribution is 2.11. The Morgan fingerprint density at radius 3 is 2.77 bits per heavy atom. The Bertz CT molecular complexity index is 654. The summed E-state index contributed by atoms with van der Waals surface area (Å²) in [6.07, 6.45) is 1.51. The van der Waals surface area contributed by atoms with Gasteiger partial charge in [-0.15, -0.1) is 0 Å². The molecular formula is C16H17N3O3. The van der Waals surface area contributed by atoms with Gasteiger partial charge in [0, 0.05) is 11.3 Å². The van der Waals surface area contributed by atoms with Crippen LogP contribution in [0.25, 0.3) is 0 Å². The normalized spacial score (nSPS) is 10.6. The number of anilines is 1. The molecule has 6 nitrogen and oxygen atoms in total. The first-order valence-electron chi connectivity index (χ1n) is 6.72. The number of nitrogens with two attached hydrogens (primary N) is 1. The van der Waals surface area contributed by atoms with Gasteiger partial charge in [-0.05, 0) is 42.0 Å². The summed E-state index contributed by atoms with van der Waals surface area (Å²) in [7, 11) is 0. The summed E-state index contributed by atoms with van der Waals surface area (Å²) in [6.45, 7) is 0.185. The Morgan fingerprint density at radius 1 is 1.27 bits per heavy atom. The Balaban J connectivity index is 1.94. The molecule has 2 aromatic carbocycles. The minimum absolute atomic E-state index is 0.0457. The van der Waals surface area contributed by atoms with Gasteiger partial charge in [-0.3, -0.25) is 4.79 Å². The maximum absolute atomic E-state index is 11.8. The van der Waals surface area contributed by atoms with Crippen molar-refractivity contribution in [2.75, 3.05) is 18.9 Å². The summed E-state index contributed by atoms with van der Waals surface area (Å²) >= 11 is 0. The number of hydrogen-bond donors (Lipinski definition) is 3. The van der Waals surface area contributed by atoms with Gasteiger partial charge in [0.2, 0.25) is 0 Å². The van der Waals surface area contributed by atoms with E-state index in [0.29, 0.717) is 17.0 Å². The predicted molar refractivity (Wildman–Crippen MR) is 84.9 cm³/mol. The van der Waals surface area contributed by atoms with Crippen molar-refractivity contribution in [3.8, 4) is 5.75 Å². The zero-order chi connectivity index (χ0) is 15.8. The van der Waals surface area contributed by atoms with Gasteiger partial charge >= 0.3 is 0 Å². The van der Waals surface area contributed by atoms with Gasteiger partial charge in [0.05, 0.1) is 12.8 Å². The maximum atomic E-state index is 11.8. The van der Waals surface area contributed by atoms with E-state index in [4.69, 9.17) is 15.6 Å². The lowest BCUT2D eigenvalue weighted by atomic mass is 10.2. The van der Waals surface area contributed by atoms with Crippen LogP contribution in [0.15, 0.2) is 53.6 Å². The predicted octanol–water partition coefficient (Wildman–Crippen LogP) is 1.40. The van der Waals surface area contributed by atoms with Crippen LogP contribution in [-0.4, -0.2) is 30.4 Å². The van der Waals surface area contributed by atoms with Gasteiger partial charge in [0.15, 0.2) is 0 Å². The molecule has 1 amide bonds. The summed E-state index contributed by atoms with van der Waals surface area (Å²) in [5.74, 6) is 0.312. The fourth-order valence-electron chi connectivity index (χ4n) is 1.71. The molecule has 2 aromatic rings. The number of ether oxygens (including phenoxy) is 1. The molecule has 0 heterocycles. The van der Waals surface area contributed by atoms with Crippen molar-refractivity contribution < 1.29 is 14.6 Å². The third-order valence-electron chi connectivity index (χ3n) is 2.77. The van der Waals surface area contributed by atoms with E-state index in [9.17, 15) is 4.79 Å². The first kappa shape index (κ1) is 15.5. The van der Waals surface area contributed by atoms with Crippen molar-refractivity contribution in [2.45, 2.75) is 0 Å². The van der Waals surface area contributed by atoms with Crippen molar-refractivity contribution in [1.82, 2.24) is 5.43 Å². The number of nitrogen functional groups attached to an aromatic ring is 1. The van der Waals surface area contributed by atoms with E-state index in [0.717, 1.165) is 5.56 Å². The molecule has 0 aromatic heterocycles. The lowest BCUT2D eigenvalue weighted by Gasteiger charge is -2.04. The van der Waals surface area contributed by atoms with Crippen LogP contribution in [-0.2, 0) is 0 Å². The van der Waals surface area contributed by atoms with Crippen LogP contribution in [0.3, 0.4) is 0 Å². The van der Waals surface area contributed by atoms with E-state index in [-0.39, 0.29) is 19.1 Å². The van der Waals surface area contributed by atoms with Crippen LogP contribution in [0.2, 0.25) is 0 Å². The van der Waals surface area contributed by atoms with E-state index in [2.05, 4.69) is 10.5 Å². The average Bonchev–Trinajstić information content (AvgIpc) is 2.54. The van der Waals surface area contributed by atoms with Crippen LogP contribution in [0, 0.1) is 0 Å². The Kier molecular flexibility index (Phi) is 5.50. The zero-order valence-electron chi connectivity index (χ0n) is 11.9. The molecule has 4 N–H and O–H groups in total. The minimum atomic E-state index is -0.316. The second-order valence-corrected chi connectivity index (χ2v) is 4.47. The van der Waals surface area contributed by atoms with Crippen molar-refractivity contribution in [3.05, 3.63) is 59.7 Å². The fraction of sp³-hybridized carbons (Fsp3) is 0.125. The first-order chi connectivity index (χ1) is 10.7. The molecular weight excluding hydrogens is 282 g/mol. The van der Waals surface area contributed by atoms with E-state index < -0.39 is 0 Å². The molecule has 0 fully saturated rings. The molecule has 0 spiro atoms. The van der Waals surface area contributed by atoms with Crippen LogP contribution in [0.1, 0.15) is 15.9 Å². The number of hydrazone groups is 1. The van der Waals surface area contributed by atoms with Gasteiger partial charge in [-0.1, -0.05) is 12.1 Å². The summed E-state index contributed by atoms with van der Waals surface area (Å²) in [5, 5.41) is 12.6. The maximum Gasteiger partial charge on any atom is 0.271 e. The third-order valence-corrected chi connectivity index (χ3v) is 2.77. The second kappa shape index (κ2) is 7.80. The molecule has 114 valence electrons. The molecule has 0 radical (unpaired) electrons. The van der Waals surface area contributed by atoms with E-state index in [1.54, 1.807) is 42.5 Å². The number of rotatable bonds is 6. The van der Waals surface area contributed by atoms with Gasteiger partial charge < -0.3 is 15.6 Å². The number of nitrogens with zero attached hydrogens (tertiary/aromatic N) is 1. The fourth-order valence-corrected chi connectivity index (χ4v) is 1.71. The van der Waals surface area contributed by atoms with Crippen molar-refractivity contribution in [2.24, 2.45) is 5.10 Å². The van der Waals surface area contributed by atoms with Crippen molar-refractivity contribution in [3.63, 3.8) is 0 Å². The number of hydrogen-bond acceptors (Lipinski definition) is 5. The highest BCUT2D eigenvalue weighted by molar-refractivity contribution is 5.95. The SMILES string of the molecule is Nc1ccc(C(=O)N/N=C/c2cccc(OCCO)c2)cc1. The number of aliphatic hydroxyl groups is 1. The standard InChI is InChI=1S/C16H17N3O3/c17-14-6-4-13(5-7-14)16(21)19-18-11-12-2-1-3-15(10-12)22-9-8-20/h1-7,10-11,20H,8-9,17H2,(H,19,21)/b18-11+. The lowest BCUT2D eigenvalue weighted by Crippen LogP contribution is -2.17. The van der Waals surface area contributed by atoms with Gasteiger partial charge in [-0.25, -0.2) is 5.43 Å². The molecule has 2 rings (SSSR count). The third kappa shape index (κ3) is 4.60. The molecule has 0 atom stereocenters. The van der Waals surface area contributed by atoms with Gasteiger partial charge in [0.1, 0.15) is 12.4 Å². The highest BCUT2D eigenvalue weighted by Gasteiger charge is 2.02. The number of aliphatic hydroxyl groups excluding tert-OH is 1. The van der Waals surface area contributed by atoms with Crippen LogP contribution in [0.4, 0.5) is 5.69 Å². The molecule has 0 unspecified atom stereocenters. The number of amides is 1. The van der Waals surface area contributed by atoms with Gasteiger partial charge in [-0.2, -0.15) is 5.10 Å². The first-order valence-corrected chi connectivity index (χ1v) is 6.72. The highest BCUT2D eigenvalue weighted by atomic mass is 16.5. The number of nitrogens with one attached hydrogen (secondary N) is 1. The Morgan fingerprint density at radius 2 is 2.05 bits per heavy atom. The molecule has 0 bridgehead atoms. The molecule has 6 heteroatoms. The summed E-state index contributed by atoms with van der Waals surface area (Å²) in [6, 6.07) is 13.7. The van der Waals surface area contributed by atoms with Crippen LogP contribution in [0.5, 0.6) is 5.75 Å².